The lowest BCUT2D eigenvalue weighted by Crippen LogP contribution is -2.45. The first-order chi connectivity index (χ1) is 9.62. The van der Waals surface area contributed by atoms with Crippen LogP contribution in [0.3, 0.4) is 0 Å². The van der Waals surface area contributed by atoms with Crippen molar-refractivity contribution < 1.29 is 19.1 Å². The maximum atomic E-state index is 11.8. The zero-order valence-electron chi connectivity index (χ0n) is 13.4. The zero-order chi connectivity index (χ0) is 16.2. The summed E-state index contributed by atoms with van der Waals surface area (Å²) >= 11 is 0. The smallest absolute Gasteiger partial charge is 0.408 e. The topological polar surface area (TPSA) is 82.5 Å². The lowest BCUT2D eigenvalue weighted by Gasteiger charge is -2.22. The van der Waals surface area contributed by atoms with Crippen LogP contribution in [0.5, 0.6) is 0 Å². The van der Waals surface area contributed by atoms with Crippen LogP contribution >= 0.6 is 0 Å². The minimum atomic E-state index is -0.820. The van der Waals surface area contributed by atoms with Crippen molar-refractivity contribution in [1.82, 2.24) is 15.1 Å². The maximum Gasteiger partial charge on any atom is 0.408 e. The fourth-order valence-corrected chi connectivity index (χ4v) is 1.85. The van der Waals surface area contributed by atoms with E-state index >= 15 is 0 Å². The first kappa shape index (κ1) is 17.0. The SMILES string of the molecule is COC(=O)[C@H](Cc1cc(C)nn1C)NC(=O)OC(C)(C)C. The number of carbonyl (C=O) groups is 2. The Hall–Kier alpha value is -2.05. The molecule has 0 aromatic carbocycles. The van der Waals surface area contributed by atoms with E-state index in [0.717, 1.165) is 11.4 Å². The molecule has 1 N–H and O–H groups in total. The molecule has 1 aromatic heterocycles. The van der Waals surface area contributed by atoms with Crippen molar-refractivity contribution in [2.75, 3.05) is 7.11 Å². The van der Waals surface area contributed by atoms with Crippen LogP contribution in [0, 0.1) is 6.92 Å². The van der Waals surface area contributed by atoms with E-state index in [0.29, 0.717) is 0 Å². The molecule has 0 saturated heterocycles. The summed E-state index contributed by atoms with van der Waals surface area (Å²) in [5.74, 6) is -0.528. The van der Waals surface area contributed by atoms with E-state index in [-0.39, 0.29) is 6.42 Å². The number of amides is 1. The van der Waals surface area contributed by atoms with E-state index in [1.54, 1.807) is 32.5 Å². The van der Waals surface area contributed by atoms with E-state index in [1.807, 2.05) is 13.0 Å². The van der Waals surface area contributed by atoms with E-state index in [4.69, 9.17) is 9.47 Å². The van der Waals surface area contributed by atoms with Crippen molar-refractivity contribution in [3.05, 3.63) is 17.5 Å². The summed E-state index contributed by atoms with van der Waals surface area (Å²) < 4.78 is 11.5. The van der Waals surface area contributed by atoms with Crippen molar-refractivity contribution in [3.63, 3.8) is 0 Å². The number of methoxy groups -OCH3 is 1. The predicted octanol–water partition coefficient (Wildman–Crippen LogP) is 1.34. The summed E-state index contributed by atoms with van der Waals surface area (Å²) in [6.45, 7) is 7.12. The largest absolute Gasteiger partial charge is 0.467 e. The van der Waals surface area contributed by atoms with Crippen molar-refractivity contribution in [2.24, 2.45) is 7.05 Å². The molecule has 0 aliphatic rings. The molecule has 7 nitrogen and oxygen atoms in total. The maximum absolute atomic E-state index is 11.8. The Morgan fingerprint density at radius 2 is 2.05 bits per heavy atom. The van der Waals surface area contributed by atoms with Crippen molar-refractivity contribution in [1.29, 1.82) is 0 Å². The summed E-state index contributed by atoms with van der Waals surface area (Å²) in [5.41, 5.74) is 1.03. The molecule has 7 heteroatoms. The van der Waals surface area contributed by atoms with Crippen molar-refractivity contribution in [2.45, 2.75) is 45.8 Å². The molecule has 1 heterocycles. The number of aryl methyl sites for hydroxylation is 2. The van der Waals surface area contributed by atoms with Gasteiger partial charge in [-0.25, -0.2) is 9.59 Å². The minimum Gasteiger partial charge on any atom is -0.467 e. The number of nitrogens with one attached hydrogen (secondary N) is 1. The van der Waals surface area contributed by atoms with Gasteiger partial charge in [0.05, 0.1) is 12.8 Å². The Balaban J connectivity index is 2.79. The summed E-state index contributed by atoms with van der Waals surface area (Å²) in [4.78, 5) is 23.6. The second-order valence-corrected chi connectivity index (χ2v) is 5.83. The number of alkyl carbamates (subject to hydrolysis) is 1. The molecule has 1 amide bonds. The Labute approximate surface area is 124 Å². The van der Waals surface area contributed by atoms with E-state index in [9.17, 15) is 9.59 Å². The third kappa shape index (κ3) is 5.45. The monoisotopic (exact) mass is 297 g/mol. The molecule has 118 valence electrons. The number of carbonyl (C=O) groups excluding carboxylic acids is 2. The minimum absolute atomic E-state index is 0.281. The van der Waals surface area contributed by atoms with Gasteiger partial charge in [-0.2, -0.15) is 5.10 Å². The molecule has 0 fully saturated rings. The lowest BCUT2D eigenvalue weighted by molar-refractivity contribution is -0.143. The number of esters is 1. The van der Waals surface area contributed by atoms with Crippen LogP contribution in [0.4, 0.5) is 4.79 Å². The van der Waals surface area contributed by atoms with Crippen LogP contribution in [0.25, 0.3) is 0 Å². The Bertz CT molecular complexity index is 517. The molecule has 1 rings (SSSR count). The molecular weight excluding hydrogens is 274 g/mol. The highest BCUT2D eigenvalue weighted by Crippen LogP contribution is 2.09. The van der Waals surface area contributed by atoms with Crippen LogP contribution in [0.15, 0.2) is 6.07 Å². The van der Waals surface area contributed by atoms with Crippen LogP contribution < -0.4 is 5.32 Å². The highest BCUT2D eigenvalue weighted by molar-refractivity contribution is 5.81. The summed E-state index contributed by atoms with van der Waals surface area (Å²) in [5, 5.41) is 6.74. The molecular formula is C14H23N3O4. The molecule has 0 aliphatic heterocycles. The van der Waals surface area contributed by atoms with Crippen molar-refractivity contribution in [3.8, 4) is 0 Å². The molecule has 1 atom stereocenters. The quantitative estimate of drug-likeness (QED) is 0.848. The van der Waals surface area contributed by atoms with Gasteiger partial charge >= 0.3 is 12.1 Å². The van der Waals surface area contributed by atoms with Gasteiger partial charge in [-0.1, -0.05) is 0 Å². The van der Waals surface area contributed by atoms with E-state index in [2.05, 4.69) is 10.4 Å². The van der Waals surface area contributed by atoms with Gasteiger partial charge < -0.3 is 14.8 Å². The molecule has 0 saturated carbocycles. The number of hydrogen-bond donors (Lipinski definition) is 1. The van der Waals surface area contributed by atoms with E-state index in [1.165, 1.54) is 7.11 Å². The van der Waals surface area contributed by atoms with Crippen molar-refractivity contribution >= 4 is 12.1 Å². The van der Waals surface area contributed by atoms with Crippen LogP contribution in [-0.2, 0) is 27.7 Å². The van der Waals surface area contributed by atoms with Gasteiger partial charge in [0.2, 0.25) is 0 Å². The highest BCUT2D eigenvalue weighted by atomic mass is 16.6. The van der Waals surface area contributed by atoms with E-state index < -0.39 is 23.7 Å². The number of aromatic nitrogens is 2. The number of ether oxygens (including phenoxy) is 2. The fraction of sp³-hybridized carbons (Fsp3) is 0.643. The van der Waals surface area contributed by atoms with Gasteiger partial charge in [-0.3, -0.25) is 4.68 Å². The van der Waals surface area contributed by atoms with Crippen LogP contribution in [-0.4, -0.2) is 40.6 Å². The normalized spacial score (nSPS) is 12.7. The molecule has 0 spiro atoms. The second kappa shape index (κ2) is 6.60. The van der Waals surface area contributed by atoms with Gasteiger partial charge in [0.15, 0.2) is 0 Å². The van der Waals surface area contributed by atoms with Gasteiger partial charge in [0, 0.05) is 19.2 Å². The van der Waals surface area contributed by atoms with Crippen LogP contribution in [0.2, 0.25) is 0 Å². The number of nitrogens with zero attached hydrogens (tertiary/aromatic N) is 2. The standard InChI is InChI=1S/C14H23N3O4/c1-9-7-10(17(5)16-9)8-11(12(18)20-6)15-13(19)21-14(2,3)4/h7,11H,8H2,1-6H3,(H,15,19)/t11-/m0/s1. The second-order valence-electron chi connectivity index (χ2n) is 5.83. The molecule has 0 unspecified atom stereocenters. The van der Waals surface area contributed by atoms with Gasteiger partial charge in [-0.05, 0) is 33.8 Å². The summed E-state index contributed by atoms with van der Waals surface area (Å²) in [6, 6.07) is 1.03. The summed E-state index contributed by atoms with van der Waals surface area (Å²) in [7, 11) is 3.06. The Morgan fingerprint density at radius 1 is 1.43 bits per heavy atom. The molecule has 0 aliphatic carbocycles. The van der Waals surface area contributed by atoms with Gasteiger partial charge in [-0.15, -0.1) is 0 Å². The first-order valence-electron chi connectivity index (χ1n) is 6.69. The van der Waals surface area contributed by atoms with Gasteiger partial charge in [0.1, 0.15) is 11.6 Å². The highest BCUT2D eigenvalue weighted by Gasteiger charge is 2.26. The zero-order valence-corrected chi connectivity index (χ0v) is 13.4. The Morgan fingerprint density at radius 3 is 2.48 bits per heavy atom. The average molecular weight is 297 g/mol. The van der Waals surface area contributed by atoms with Crippen LogP contribution in [0.1, 0.15) is 32.2 Å². The number of hydrogen-bond acceptors (Lipinski definition) is 5. The van der Waals surface area contributed by atoms with Gasteiger partial charge in [0.25, 0.3) is 0 Å². The third-order valence-corrected chi connectivity index (χ3v) is 2.69. The number of rotatable bonds is 4. The fourth-order valence-electron chi connectivity index (χ4n) is 1.85. The average Bonchev–Trinajstić information content (AvgIpc) is 2.63. The predicted molar refractivity (Wildman–Crippen MR) is 76.8 cm³/mol. The third-order valence-electron chi connectivity index (χ3n) is 2.69. The molecule has 1 aromatic rings. The molecule has 21 heavy (non-hydrogen) atoms. The molecule has 0 bridgehead atoms. The summed E-state index contributed by atoms with van der Waals surface area (Å²) in [6.07, 6.45) is -0.375. The lowest BCUT2D eigenvalue weighted by atomic mass is 10.1. The Kier molecular flexibility index (Phi) is 5.34. The molecule has 0 radical (unpaired) electrons. The first-order valence-corrected chi connectivity index (χ1v) is 6.69.